The molecule has 0 radical (unpaired) electrons. The second-order valence-corrected chi connectivity index (χ2v) is 7.16. The number of nitrogens with zero attached hydrogens (tertiary/aromatic N) is 2. The first-order valence-electron chi connectivity index (χ1n) is 10.2. The van der Waals surface area contributed by atoms with E-state index in [-0.39, 0.29) is 23.5 Å². The normalized spacial score (nSPS) is 13.7. The molecule has 7 heteroatoms. The van der Waals surface area contributed by atoms with E-state index in [0.29, 0.717) is 18.7 Å². The Kier molecular flexibility index (Phi) is 9.12. The summed E-state index contributed by atoms with van der Waals surface area (Å²) >= 11 is 0. The van der Waals surface area contributed by atoms with Gasteiger partial charge in [-0.1, -0.05) is 54.7 Å². The maximum Gasteiger partial charge on any atom is 0.273 e. The zero-order chi connectivity index (χ0) is 22.8. The summed E-state index contributed by atoms with van der Waals surface area (Å²) in [7, 11) is 1.52. The van der Waals surface area contributed by atoms with Crippen LogP contribution in [-0.4, -0.2) is 40.2 Å². The maximum atomic E-state index is 12.0. The summed E-state index contributed by atoms with van der Waals surface area (Å²) in [6.07, 6.45) is 9.37. The molecule has 0 spiro atoms. The summed E-state index contributed by atoms with van der Waals surface area (Å²) in [6.45, 7) is 8.02. The van der Waals surface area contributed by atoms with Crippen LogP contribution < -0.4 is 16.4 Å². The smallest absolute Gasteiger partial charge is 0.273 e. The molecular weight excluding hydrogens is 390 g/mol. The minimum absolute atomic E-state index is 0.0889. The van der Waals surface area contributed by atoms with Crippen molar-refractivity contribution in [3.8, 4) is 11.3 Å². The molecular formula is C24H31N5O2. The Labute approximate surface area is 183 Å². The second kappa shape index (κ2) is 11.8. The van der Waals surface area contributed by atoms with Gasteiger partial charge in [-0.15, -0.1) is 0 Å². The van der Waals surface area contributed by atoms with Crippen molar-refractivity contribution in [3.05, 3.63) is 78.2 Å². The predicted octanol–water partition coefficient (Wildman–Crippen LogP) is 3.00. The molecule has 7 nitrogen and oxygen atoms in total. The molecule has 0 saturated carbocycles. The number of rotatable bonds is 10. The zero-order valence-corrected chi connectivity index (χ0v) is 18.3. The van der Waals surface area contributed by atoms with Gasteiger partial charge in [0.1, 0.15) is 0 Å². The molecule has 5 N–H and O–H groups in total. The number of aliphatic hydroxyl groups excluding tert-OH is 1. The summed E-state index contributed by atoms with van der Waals surface area (Å²) in [4.78, 5) is 20.4. The van der Waals surface area contributed by atoms with Gasteiger partial charge in [0.05, 0.1) is 18.0 Å². The third-order valence-corrected chi connectivity index (χ3v) is 4.89. The largest absolute Gasteiger partial charge is 0.392 e. The number of carbonyl (C=O) groups is 1. The number of aliphatic hydroxyl groups is 1. The summed E-state index contributed by atoms with van der Waals surface area (Å²) in [5, 5.41) is 16.2. The molecule has 1 amide bonds. The lowest BCUT2D eigenvalue weighted by Gasteiger charge is -2.22. The van der Waals surface area contributed by atoms with Crippen LogP contribution in [0, 0.1) is 0 Å². The van der Waals surface area contributed by atoms with Crippen LogP contribution in [-0.2, 0) is 6.54 Å². The van der Waals surface area contributed by atoms with Crippen molar-refractivity contribution < 1.29 is 9.90 Å². The highest BCUT2D eigenvalue weighted by Gasteiger charge is 2.16. The van der Waals surface area contributed by atoms with Crippen LogP contribution in [0.25, 0.3) is 11.3 Å². The molecule has 1 aromatic heterocycles. The molecule has 0 bridgehead atoms. The molecule has 31 heavy (non-hydrogen) atoms. The monoisotopic (exact) mass is 421 g/mol. The molecule has 0 aliphatic heterocycles. The molecule has 0 aliphatic rings. The van der Waals surface area contributed by atoms with Crippen LogP contribution in [0.3, 0.4) is 0 Å². The summed E-state index contributed by atoms with van der Waals surface area (Å²) in [5.41, 5.74) is 9.41. The van der Waals surface area contributed by atoms with E-state index in [1.807, 2.05) is 49.4 Å². The summed E-state index contributed by atoms with van der Waals surface area (Å²) in [5.74, 6) is -0.291. The Balaban J connectivity index is 2.17. The standard InChI is InChI=1S/C24H31N5O2/c1-5-7-9-17(6-2)13-20(16(3)30)27-14-18-10-8-11-19(12-18)21-15-28-23(25)22(29-21)24(31)26-4/h5-12,15-16,20,27,30H,1,13-14H2,2-4H3,(H2,25,28)(H,26,31)/b9-7-,17-6+. The molecule has 1 aromatic carbocycles. The van der Waals surface area contributed by atoms with Crippen LogP contribution in [0.1, 0.15) is 36.3 Å². The molecule has 2 unspecified atom stereocenters. The van der Waals surface area contributed by atoms with Gasteiger partial charge in [-0.2, -0.15) is 0 Å². The van der Waals surface area contributed by atoms with Gasteiger partial charge in [-0.05, 0) is 31.9 Å². The van der Waals surface area contributed by atoms with Gasteiger partial charge in [0.2, 0.25) is 0 Å². The maximum absolute atomic E-state index is 12.0. The SMILES string of the molecule is C=C/C=C\C(=C/C)CC(NCc1cccc(-c2cnc(N)c(C(=O)NC)n2)c1)C(C)O. The van der Waals surface area contributed by atoms with E-state index in [4.69, 9.17) is 5.73 Å². The van der Waals surface area contributed by atoms with E-state index in [9.17, 15) is 9.90 Å². The fraction of sp³-hybridized carbons (Fsp3) is 0.292. The summed E-state index contributed by atoms with van der Waals surface area (Å²) in [6, 6.07) is 7.69. The highest BCUT2D eigenvalue weighted by molar-refractivity contribution is 5.96. The van der Waals surface area contributed by atoms with Crippen molar-refractivity contribution in [2.45, 2.75) is 39.0 Å². The Morgan fingerprint density at radius 2 is 2.16 bits per heavy atom. The molecule has 2 atom stereocenters. The fourth-order valence-electron chi connectivity index (χ4n) is 3.05. The van der Waals surface area contributed by atoms with Crippen LogP contribution in [0.2, 0.25) is 0 Å². The lowest BCUT2D eigenvalue weighted by molar-refractivity contribution is 0.0959. The Hall–Kier alpha value is -3.29. The lowest BCUT2D eigenvalue weighted by Crippen LogP contribution is -2.38. The van der Waals surface area contributed by atoms with Crippen molar-refractivity contribution in [2.75, 3.05) is 12.8 Å². The number of hydrogen-bond acceptors (Lipinski definition) is 6. The Bertz CT molecular complexity index is 966. The topological polar surface area (TPSA) is 113 Å². The molecule has 0 aliphatic carbocycles. The van der Waals surface area contributed by atoms with E-state index >= 15 is 0 Å². The number of nitrogens with two attached hydrogens (primary N) is 1. The molecule has 2 aromatic rings. The van der Waals surface area contributed by atoms with Crippen molar-refractivity contribution in [1.29, 1.82) is 0 Å². The first-order valence-corrected chi connectivity index (χ1v) is 10.2. The van der Waals surface area contributed by atoms with E-state index in [0.717, 1.165) is 16.7 Å². The lowest BCUT2D eigenvalue weighted by atomic mass is 10.0. The van der Waals surface area contributed by atoms with E-state index < -0.39 is 6.10 Å². The quantitative estimate of drug-likeness (QED) is 0.439. The average molecular weight is 422 g/mol. The molecule has 2 rings (SSSR count). The number of hydrogen-bond donors (Lipinski definition) is 4. The minimum atomic E-state index is -0.520. The van der Waals surface area contributed by atoms with Gasteiger partial charge in [-0.3, -0.25) is 4.79 Å². The van der Waals surface area contributed by atoms with Crippen molar-refractivity contribution in [1.82, 2.24) is 20.6 Å². The van der Waals surface area contributed by atoms with Gasteiger partial charge >= 0.3 is 0 Å². The molecule has 0 saturated heterocycles. The van der Waals surface area contributed by atoms with Crippen LogP contribution in [0.15, 0.2) is 66.9 Å². The number of aromatic nitrogens is 2. The number of amides is 1. The van der Waals surface area contributed by atoms with Crippen LogP contribution >= 0.6 is 0 Å². The highest BCUT2D eigenvalue weighted by atomic mass is 16.3. The number of carbonyl (C=O) groups excluding carboxylic acids is 1. The minimum Gasteiger partial charge on any atom is -0.392 e. The highest BCUT2D eigenvalue weighted by Crippen LogP contribution is 2.20. The van der Waals surface area contributed by atoms with E-state index in [2.05, 4.69) is 27.2 Å². The van der Waals surface area contributed by atoms with E-state index in [1.165, 1.54) is 7.05 Å². The van der Waals surface area contributed by atoms with E-state index in [1.54, 1.807) is 19.2 Å². The van der Waals surface area contributed by atoms with Gasteiger partial charge in [-0.25, -0.2) is 9.97 Å². The Morgan fingerprint density at radius 1 is 1.39 bits per heavy atom. The van der Waals surface area contributed by atoms with Crippen molar-refractivity contribution >= 4 is 11.7 Å². The predicted molar refractivity (Wildman–Crippen MR) is 125 cm³/mol. The number of nitrogen functional groups attached to an aromatic ring is 1. The van der Waals surface area contributed by atoms with Gasteiger partial charge in [0.15, 0.2) is 11.5 Å². The first-order chi connectivity index (χ1) is 14.9. The molecule has 1 heterocycles. The third-order valence-electron chi connectivity index (χ3n) is 4.89. The summed E-state index contributed by atoms with van der Waals surface area (Å²) < 4.78 is 0. The number of benzene rings is 1. The van der Waals surface area contributed by atoms with Gasteiger partial charge in [0.25, 0.3) is 5.91 Å². The first kappa shape index (κ1) is 24.0. The Morgan fingerprint density at radius 3 is 2.81 bits per heavy atom. The number of anilines is 1. The van der Waals surface area contributed by atoms with Crippen molar-refractivity contribution in [3.63, 3.8) is 0 Å². The average Bonchev–Trinajstić information content (AvgIpc) is 2.78. The third kappa shape index (κ3) is 6.87. The van der Waals surface area contributed by atoms with Gasteiger partial charge < -0.3 is 21.5 Å². The number of nitrogens with one attached hydrogen (secondary N) is 2. The van der Waals surface area contributed by atoms with Crippen LogP contribution in [0.4, 0.5) is 5.82 Å². The van der Waals surface area contributed by atoms with Crippen LogP contribution in [0.5, 0.6) is 0 Å². The second-order valence-electron chi connectivity index (χ2n) is 7.16. The molecule has 164 valence electrons. The van der Waals surface area contributed by atoms with Crippen molar-refractivity contribution in [2.24, 2.45) is 0 Å². The fourth-order valence-corrected chi connectivity index (χ4v) is 3.05. The zero-order valence-electron chi connectivity index (χ0n) is 18.3. The van der Waals surface area contributed by atoms with Gasteiger partial charge in [0, 0.05) is 25.2 Å². The number of allylic oxidation sites excluding steroid dienone is 4. The molecule has 0 fully saturated rings.